The van der Waals surface area contributed by atoms with Crippen LogP contribution in [0.2, 0.25) is 0 Å². The van der Waals surface area contributed by atoms with Gasteiger partial charge in [-0.25, -0.2) is 4.79 Å². The Morgan fingerprint density at radius 1 is 1.47 bits per heavy atom. The number of hydrogen-bond donors (Lipinski definition) is 1. The van der Waals surface area contributed by atoms with Crippen molar-refractivity contribution in [2.45, 2.75) is 25.9 Å². The maximum atomic E-state index is 11.2. The second-order valence-corrected chi connectivity index (χ2v) is 5.16. The van der Waals surface area contributed by atoms with E-state index in [4.69, 9.17) is 4.42 Å². The molecule has 1 atom stereocenters. The van der Waals surface area contributed by atoms with Crippen LogP contribution in [-0.4, -0.2) is 19.1 Å². The molecule has 0 aliphatic heterocycles. The summed E-state index contributed by atoms with van der Waals surface area (Å²) in [7, 11) is 1.34. The summed E-state index contributed by atoms with van der Waals surface area (Å²) in [5.41, 5.74) is 1.33. The number of nitrogens with one attached hydrogen (secondary N) is 1. The van der Waals surface area contributed by atoms with Crippen molar-refractivity contribution in [1.29, 1.82) is 0 Å². The average Bonchev–Trinajstić information content (AvgIpc) is 3.06. The van der Waals surface area contributed by atoms with Gasteiger partial charge in [0.1, 0.15) is 5.76 Å². The van der Waals surface area contributed by atoms with Crippen LogP contribution >= 0.6 is 11.3 Å². The third-order valence-electron chi connectivity index (χ3n) is 2.79. The van der Waals surface area contributed by atoms with E-state index in [1.807, 2.05) is 0 Å². The number of thiophene rings is 1. The third-order valence-corrected chi connectivity index (χ3v) is 3.53. The summed E-state index contributed by atoms with van der Waals surface area (Å²) < 4.78 is 9.98. The molecule has 4 nitrogen and oxygen atoms in total. The molecule has 0 saturated carbocycles. The van der Waals surface area contributed by atoms with Crippen LogP contribution in [0.3, 0.4) is 0 Å². The quantitative estimate of drug-likeness (QED) is 0.826. The number of carbonyl (C=O) groups excluding carboxylic acids is 1. The largest absolute Gasteiger partial charge is 0.463 e. The zero-order valence-corrected chi connectivity index (χ0v) is 11.8. The summed E-state index contributed by atoms with van der Waals surface area (Å²) in [5, 5.41) is 7.60. The van der Waals surface area contributed by atoms with Gasteiger partial charge in [-0.2, -0.15) is 11.3 Å². The first-order chi connectivity index (χ1) is 9.19. The smallest absolute Gasteiger partial charge is 0.373 e. The normalized spacial score (nSPS) is 12.3. The SMILES string of the molecule is COC(=O)c1ccc(CNC(C)Cc2ccsc2)o1. The van der Waals surface area contributed by atoms with E-state index in [0.717, 1.165) is 12.2 Å². The number of rotatable bonds is 6. The minimum absolute atomic E-state index is 0.241. The van der Waals surface area contributed by atoms with E-state index in [1.54, 1.807) is 23.5 Å². The van der Waals surface area contributed by atoms with Gasteiger partial charge < -0.3 is 14.5 Å². The fourth-order valence-corrected chi connectivity index (χ4v) is 2.47. The third kappa shape index (κ3) is 3.94. The van der Waals surface area contributed by atoms with Gasteiger partial charge >= 0.3 is 5.97 Å². The van der Waals surface area contributed by atoms with Crippen LogP contribution in [0.1, 0.15) is 28.8 Å². The first-order valence-corrected chi connectivity index (χ1v) is 7.05. The van der Waals surface area contributed by atoms with E-state index < -0.39 is 5.97 Å². The van der Waals surface area contributed by atoms with Crippen LogP contribution < -0.4 is 5.32 Å². The first kappa shape index (κ1) is 13.8. The van der Waals surface area contributed by atoms with Crippen molar-refractivity contribution in [3.05, 3.63) is 46.0 Å². The summed E-state index contributed by atoms with van der Waals surface area (Å²) in [6, 6.07) is 5.90. The highest BCUT2D eigenvalue weighted by atomic mass is 32.1. The summed E-state index contributed by atoms with van der Waals surface area (Å²) in [6.45, 7) is 2.73. The maximum Gasteiger partial charge on any atom is 0.373 e. The maximum absolute atomic E-state index is 11.2. The van der Waals surface area contributed by atoms with Gasteiger partial charge in [0.05, 0.1) is 13.7 Å². The molecule has 0 radical (unpaired) electrons. The van der Waals surface area contributed by atoms with E-state index in [1.165, 1.54) is 12.7 Å². The molecule has 0 bridgehead atoms. The highest BCUT2D eigenvalue weighted by Gasteiger charge is 2.11. The molecule has 0 aliphatic rings. The molecule has 102 valence electrons. The van der Waals surface area contributed by atoms with Crippen molar-refractivity contribution in [2.75, 3.05) is 7.11 Å². The lowest BCUT2D eigenvalue weighted by Crippen LogP contribution is -2.27. The number of methoxy groups -OCH3 is 1. The molecule has 0 aromatic carbocycles. The molecule has 0 fully saturated rings. The van der Waals surface area contributed by atoms with Gasteiger partial charge in [-0.3, -0.25) is 0 Å². The fraction of sp³-hybridized carbons (Fsp3) is 0.357. The number of esters is 1. The van der Waals surface area contributed by atoms with Crippen molar-refractivity contribution in [3.8, 4) is 0 Å². The van der Waals surface area contributed by atoms with E-state index in [9.17, 15) is 4.79 Å². The van der Waals surface area contributed by atoms with E-state index in [2.05, 4.69) is 33.8 Å². The van der Waals surface area contributed by atoms with Crippen LogP contribution in [0.4, 0.5) is 0 Å². The fourth-order valence-electron chi connectivity index (χ4n) is 1.79. The Bertz CT molecular complexity index is 519. The predicted molar refractivity (Wildman–Crippen MR) is 74.4 cm³/mol. The van der Waals surface area contributed by atoms with Crippen molar-refractivity contribution in [2.24, 2.45) is 0 Å². The lowest BCUT2D eigenvalue weighted by molar-refractivity contribution is 0.0563. The Labute approximate surface area is 116 Å². The molecule has 5 heteroatoms. The summed E-state index contributed by atoms with van der Waals surface area (Å²) >= 11 is 1.71. The Morgan fingerprint density at radius 2 is 2.32 bits per heavy atom. The second-order valence-electron chi connectivity index (χ2n) is 4.38. The zero-order valence-electron chi connectivity index (χ0n) is 11.0. The molecular formula is C14H17NO3S. The molecule has 0 saturated heterocycles. The minimum Gasteiger partial charge on any atom is -0.463 e. The van der Waals surface area contributed by atoms with Crippen LogP contribution in [0, 0.1) is 0 Å². The highest BCUT2D eigenvalue weighted by Crippen LogP contribution is 2.11. The van der Waals surface area contributed by atoms with Gasteiger partial charge in [-0.1, -0.05) is 0 Å². The molecule has 2 rings (SSSR count). The van der Waals surface area contributed by atoms with Gasteiger partial charge in [-0.15, -0.1) is 0 Å². The Hall–Kier alpha value is -1.59. The Kier molecular flexibility index (Phi) is 4.76. The molecule has 1 N–H and O–H groups in total. The van der Waals surface area contributed by atoms with Gasteiger partial charge in [0.25, 0.3) is 0 Å². The molecular weight excluding hydrogens is 262 g/mol. The molecule has 2 aromatic heterocycles. The Morgan fingerprint density at radius 3 is 3.00 bits per heavy atom. The van der Waals surface area contributed by atoms with E-state index >= 15 is 0 Å². The second kappa shape index (κ2) is 6.54. The van der Waals surface area contributed by atoms with Crippen molar-refractivity contribution in [1.82, 2.24) is 5.32 Å². The molecule has 2 heterocycles. The standard InChI is InChI=1S/C14H17NO3S/c1-10(7-11-5-6-19-9-11)15-8-12-3-4-13(18-12)14(16)17-2/h3-6,9-10,15H,7-8H2,1-2H3. The topological polar surface area (TPSA) is 51.5 Å². The van der Waals surface area contributed by atoms with Gasteiger partial charge in [-0.05, 0) is 47.9 Å². The first-order valence-electron chi connectivity index (χ1n) is 6.10. The predicted octanol–water partition coefficient (Wildman–Crippen LogP) is 2.85. The van der Waals surface area contributed by atoms with Gasteiger partial charge in [0.15, 0.2) is 0 Å². The number of ether oxygens (including phenoxy) is 1. The molecule has 0 spiro atoms. The summed E-state index contributed by atoms with van der Waals surface area (Å²) in [5.74, 6) is 0.528. The molecule has 2 aromatic rings. The monoisotopic (exact) mass is 279 g/mol. The lowest BCUT2D eigenvalue weighted by atomic mass is 10.1. The van der Waals surface area contributed by atoms with Crippen LogP contribution in [0.5, 0.6) is 0 Å². The van der Waals surface area contributed by atoms with Crippen LogP contribution in [0.25, 0.3) is 0 Å². The van der Waals surface area contributed by atoms with Crippen molar-refractivity contribution >= 4 is 17.3 Å². The summed E-state index contributed by atoms with van der Waals surface area (Å²) in [4.78, 5) is 11.2. The van der Waals surface area contributed by atoms with Gasteiger partial charge in [0.2, 0.25) is 5.76 Å². The lowest BCUT2D eigenvalue weighted by Gasteiger charge is -2.11. The van der Waals surface area contributed by atoms with E-state index in [-0.39, 0.29) is 5.76 Å². The zero-order chi connectivity index (χ0) is 13.7. The van der Waals surface area contributed by atoms with Gasteiger partial charge in [0, 0.05) is 6.04 Å². The molecule has 1 unspecified atom stereocenters. The van der Waals surface area contributed by atoms with Crippen LogP contribution in [-0.2, 0) is 17.7 Å². The molecule has 0 amide bonds. The highest BCUT2D eigenvalue weighted by molar-refractivity contribution is 7.07. The van der Waals surface area contributed by atoms with Crippen molar-refractivity contribution < 1.29 is 13.9 Å². The number of carbonyl (C=O) groups is 1. The molecule has 19 heavy (non-hydrogen) atoms. The van der Waals surface area contributed by atoms with Crippen LogP contribution in [0.15, 0.2) is 33.4 Å². The van der Waals surface area contributed by atoms with E-state index in [0.29, 0.717) is 12.6 Å². The Balaban J connectivity index is 1.81. The summed E-state index contributed by atoms with van der Waals surface area (Å²) in [6.07, 6.45) is 0.980. The minimum atomic E-state index is -0.447. The number of furan rings is 1. The average molecular weight is 279 g/mol. The molecule has 0 aliphatic carbocycles. The number of hydrogen-bond acceptors (Lipinski definition) is 5. The van der Waals surface area contributed by atoms with Crippen molar-refractivity contribution in [3.63, 3.8) is 0 Å².